The van der Waals surface area contributed by atoms with Gasteiger partial charge in [-0.05, 0) is 75.6 Å². The standard InChI is InChI=1S/C24H31N3O5S/c1-15-16(2)22(17(3)20-14-24(4,5)32-21(15)20)33(30,31)27-12-10-26(11-13-27)19-8-6-18(7-9-19)23(28)25-29/h6-9,29H,10-14H2,1-5H3,(H,25,28). The molecule has 1 saturated heterocycles. The fraction of sp³-hybridized carbons (Fsp3) is 0.458. The number of anilines is 1. The fourth-order valence-electron chi connectivity index (χ4n) is 4.84. The van der Waals surface area contributed by atoms with Gasteiger partial charge in [-0.1, -0.05) is 0 Å². The highest BCUT2D eigenvalue weighted by molar-refractivity contribution is 7.89. The summed E-state index contributed by atoms with van der Waals surface area (Å²) in [7, 11) is -3.66. The molecule has 9 heteroatoms. The smallest absolute Gasteiger partial charge is 0.274 e. The van der Waals surface area contributed by atoms with Gasteiger partial charge in [-0.15, -0.1) is 0 Å². The summed E-state index contributed by atoms with van der Waals surface area (Å²) < 4.78 is 35.2. The van der Waals surface area contributed by atoms with Crippen LogP contribution >= 0.6 is 0 Å². The molecular formula is C24H31N3O5S. The van der Waals surface area contributed by atoms with Crippen LogP contribution in [-0.2, 0) is 16.4 Å². The number of rotatable bonds is 4. The van der Waals surface area contributed by atoms with Crippen molar-refractivity contribution in [2.75, 3.05) is 31.1 Å². The molecule has 0 bridgehead atoms. The number of carbonyl (C=O) groups excluding carboxylic acids is 1. The second-order valence-corrected chi connectivity index (χ2v) is 11.3. The Labute approximate surface area is 195 Å². The van der Waals surface area contributed by atoms with E-state index in [2.05, 4.69) is 4.90 Å². The Hall–Kier alpha value is -2.62. The van der Waals surface area contributed by atoms with Gasteiger partial charge in [0.2, 0.25) is 10.0 Å². The molecule has 2 aromatic carbocycles. The Bertz CT molecular complexity index is 1200. The van der Waals surface area contributed by atoms with Crippen molar-refractivity contribution in [3.8, 4) is 5.75 Å². The van der Waals surface area contributed by atoms with E-state index in [1.165, 1.54) is 0 Å². The number of hydrogen-bond donors (Lipinski definition) is 2. The molecule has 0 atom stereocenters. The number of piperazine rings is 1. The lowest BCUT2D eigenvalue weighted by Gasteiger charge is -2.36. The molecule has 2 N–H and O–H groups in total. The van der Waals surface area contributed by atoms with Crippen LogP contribution in [0.15, 0.2) is 29.2 Å². The second-order valence-electron chi connectivity index (χ2n) is 9.43. The van der Waals surface area contributed by atoms with Crippen molar-refractivity contribution in [3.05, 3.63) is 52.1 Å². The lowest BCUT2D eigenvalue weighted by Crippen LogP contribution is -2.49. The van der Waals surface area contributed by atoms with Gasteiger partial charge in [0.25, 0.3) is 5.91 Å². The summed E-state index contributed by atoms with van der Waals surface area (Å²) in [5.41, 5.74) is 5.97. The number of carbonyl (C=O) groups is 1. The van der Waals surface area contributed by atoms with Crippen LogP contribution in [0.2, 0.25) is 0 Å². The number of ether oxygens (including phenoxy) is 1. The van der Waals surface area contributed by atoms with Crippen molar-refractivity contribution in [1.29, 1.82) is 0 Å². The van der Waals surface area contributed by atoms with E-state index in [0.717, 1.165) is 33.7 Å². The molecule has 8 nitrogen and oxygen atoms in total. The molecule has 1 amide bonds. The number of hydroxylamine groups is 1. The second kappa shape index (κ2) is 8.30. The van der Waals surface area contributed by atoms with Crippen LogP contribution in [0, 0.1) is 20.8 Å². The largest absolute Gasteiger partial charge is 0.487 e. The molecule has 0 aromatic heterocycles. The number of nitrogens with zero attached hydrogens (tertiary/aromatic N) is 2. The number of benzene rings is 2. The molecule has 2 heterocycles. The SMILES string of the molecule is Cc1c(C)c(S(=O)(=O)N2CCN(c3ccc(C(=O)NO)cc3)CC2)c(C)c2c1OC(C)(C)C2. The number of amides is 1. The first kappa shape index (κ1) is 23.5. The van der Waals surface area contributed by atoms with Gasteiger partial charge in [-0.3, -0.25) is 10.0 Å². The van der Waals surface area contributed by atoms with E-state index in [0.29, 0.717) is 43.1 Å². The minimum absolute atomic E-state index is 0.342. The number of fused-ring (bicyclic) bond motifs is 1. The Morgan fingerprint density at radius 1 is 1.00 bits per heavy atom. The Morgan fingerprint density at radius 2 is 1.61 bits per heavy atom. The molecule has 0 radical (unpaired) electrons. The summed E-state index contributed by atoms with van der Waals surface area (Å²) in [6.07, 6.45) is 0.690. The zero-order valence-electron chi connectivity index (χ0n) is 19.7. The number of hydrogen-bond acceptors (Lipinski definition) is 6. The van der Waals surface area contributed by atoms with Crippen molar-refractivity contribution in [1.82, 2.24) is 9.79 Å². The first-order chi connectivity index (χ1) is 15.5. The van der Waals surface area contributed by atoms with Crippen molar-refractivity contribution >= 4 is 21.6 Å². The molecule has 4 rings (SSSR count). The first-order valence-corrected chi connectivity index (χ1v) is 12.5. The van der Waals surface area contributed by atoms with E-state index in [1.54, 1.807) is 34.1 Å². The lowest BCUT2D eigenvalue weighted by molar-refractivity contribution is 0.0706. The van der Waals surface area contributed by atoms with E-state index in [4.69, 9.17) is 9.94 Å². The summed E-state index contributed by atoms with van der Waals surface area (Å²) in [6, 6.07) is 6.87. The van der Waals surface area contributed by atoms with Crippen LogP contribution in [0.4, 0.5) is 5.69 Å². The number of nitrogens with one attached hydrogen (secondary N) is 1. The van der Waals surface area contributed by atoms with Gasteiger partial charge in [-0.2, -0.15) is 4.31 Å². The quantitative estimate of drug-likeness (QED) is 0.523. The van der Waals surface area contributed by atoms with Crippen LogP contribution < -0.4 is 15.1 Å². The zero-order valence-corrected chi connectivity index (χ0v) is 20.5. The average molecular weight is 474 g/mol. The predicted octanol–water partition coefficient (Wildman–Crippen LogP) is 2.96. The van der Waals surface area contributed by atoms with Gasteiger partial charge in [0.15, 0.2) is 0 Å². The third-order valence-electron chi connectivity index (χ3n) is 6.72. The molecule has 1 fully saturated rings. The Kier molecular flexibility index (Phi) is 5.92. The maximum atomic E-state index is 13.7. The van der Waals surface area contributed by atoms with E-state index < -0.39 is 15.9 Å². The molecule has 2 aromatic rings. The Morgan fingerprint density at radius 3 is 2.18 bits per heavy atom. The average Bonchev–Trinajstić information content (AvgIpc) is 3.13. The highest BCUT2D eigenvalue weighted by Gasteiger charge is 2.38. The Balaban J connectivity index is 1.56. The van der Waals surface area contributed by atoms with Crippen LogP contribution in [-0.4, -0.2) is 55.6 Å². The highest BCUT2D eigenvalue weighted by Crippen LogP contribution is 2.44. The highest BCUT2D eigenvalue weighted by atomic mass is 32.2. The monoisotopic (exact) mass is 473 g/mol. The third-order valence-corrected chi connectivity index (χ3v) is 8.90. The molecule has 0 saturated carbocycles. The van der Waals surface area contributed by atoms with Gasteiger partial charge >= 0.3 is 0 Å². The van der Waals surface area contributed by atoms with Crippen molar-refractivity contribution in [2.45, 2.75) is 51.5 Å². The molecule has 0 spiro atoms. The van der Waals surface area contributed by atoms with Crippen molar-refractivity contribution in [3.63, 3.8) is 0 Å². The van der Waals surface area contributed by atoms with Gasteiger partial charge in [-0.25, -0.2) is 13.9 Å². The van der Waals surface area contributed by atoms with Crippen LogP contribution in [0.5, 0.6) is 5.75 Å². The minimum atomic E-state index is -3.66. The predicted molar refractivity (Wildman–Crippen MR) is 126 cm³/mol. The lowest BCUT2D eigenvalue weighted by atomic mass is 9.94. The molecular weight excluding hydrogens is 442 g/mol. The van der Waals surface area contributed by atoms with E-state index in [-0.39, 0.29) is 5.60 Å². The molecule has 0 unspecified atom stereocenters. The normalized spacial score (nSPS) is 18.1. The van der Waals surface area contributed by atoms with Crippen LogP contribution in [0.25, 0.3) is 0 Å². The molecule has 2 aliphatic heterocycles. The summed E-state index contributed by atoms with van der Waals surface area (Å²) in [4.78, 5) is 14.0. The molecule has 0 aliphatic carbocycles. The third kappa shape index (κ3) is 4.09. The van der Waals surface area contributed by atoms with E-state index >= 15 is 0 Å². The zero-order chi connectivity index (χ0) is 24.1. The molecule has 178 valence electrons. The fourth-order valence-corrected chi connectivity index (χ4v) is 6.79. The van der Waals surface area contributed by atoms with Crippen LogP contribution in [0.1, 0.15) is 46.5 Å². The maximum absolute atomic E-state index is 13.7. The van der Waals surface area contributed by atoms with E-state index in [9.17, 15) is 13.2 Å². The molecule has 33 heavy (non-hydrogen) atoms. The summed E-state index contributed by atoms with van der Waals surface area (Å²) >= 11 is 0. The van der Waals surface area contributed by atoms with Gasteiger partial charge < -0.3 is 9.64 Å². The topological polar surface area (TPSA) is 99.2 Å². The first-order valence-electron chi connectivity index (χ1n) is 11.1. The van der Waals surface area contributed by atoms with Gasteiger partial charge in [0, 0.05) is 49.4 Å². The summed E-state index contributed by atoms with van der Waals surface area (Å²) in [5, 5.41) is 8.76. The van der Waals surface area contributed by atoms with Gasteiger partial charge in [0.1, 0.15) is 11.4 Å². The summed E-state index contributed by atoms with van der Waals surface area (Å²) in [5.74, 6) is 0.263. The van der Waals surface area contributed by atoms with Crippen LogP contribution in [0.3, 0.4) is 0 Å². The molecule has 2 aliphatic rings. The van der Waals surface area contributed by atoms with Gasteiger partial charge in [0.05, 0.1) is 4.90 Å². The minimum Gasteiger partial charge on any atom is -0.487 e. The summed E-state index contributed by atoms with van der Waals surface area (Å²) in [6.45, 7) is 11.6. The van der Waals surface area contributed by atoms with Crippen molar-refractivity contribution in [2.24, 2.45) is 0 Å². The van der Waals surface area contributed by atoms with Crippen molar-refractivity contribution < 1.29 is 23.2 Å². The van der Waals surface area contributed by atoms with E-state index in [1.807, 2.05) is 34.6 Å². The number of sulfonamides is 1. The maximum Gasteiger partial charge on any atom is 0.274 e.